The molecule has 0 saturated carbocycles. The van der Waals surface area contributed by atoms with E-state index in [2.05, 4.69) is 21.0 Å². The lowest BCUT2D eigenvalue weighted by atomic mass is 9.90. The number of halogens is 1. The maximum Gasteiger partial charge on any atom is 0.229 e. The van der Waals surface area contributed by atoms with E-state index in [1.165, 1.54) is 0 Å². The van der Waals surface area contributed by atoms with Crippen molar-refractivity contribution in [2.45, 2.75) is 19.8 Å². The predicted molar refractivity (Wildman–Crippen MR) is 108 cm³/mol. The molecular weight excluding hydrogens is 366 g/mol. The summed E-state index contributed by atoms with van der Waals surface area (Å²) in [6.07, 6.45) is 3.78. The highest BCUT2D eigenvalue weighted by atomic mass is 35.5. The molecule has 8 heteroatoms. The number of amides is 2. The largest absolute Gasteiger partial charge is 0.326 e. The van der Waals surface area contributed by atoms with Crippen LogP contribution in [0.1, 0.15) is 25.3 Å². The van der Waals surface area contributed by atoms with Crippen molar-refractivity contribution in [1.82, 2.24) is 15.1 Å². The first-order valence-electron chi connectivity index (χ1n) is 8.85. The van der Waals surface area contributed by atoms with Crippen LogP contribution in [0.25, 0.3) is 0 Å². The van der Waals surface area contributed by atoms with Crippen molar-refractivity contribution < 1.29 is 9.59 Å². The van der Waals surface area contributed by atoms with E-state index < -0.39 is 0 Å². The average Bonchev–Trinajstić information content (AvgIpc) is 3.23. The van der Waals surface area contributed by atoms with Crippen molar-refractivity contribution in [3.63, 3.8) is 0 Å². The maximum absolute atomic E-state index is 12.8. The van der Waals surface area contributed by atoms with Crippen LogP contribution in [-0.4, -0.2) is 34.7 Å². The lowest BCUT2D eigenvalue weighted by Gasteiger charge is -2.17. The summed E-state index contributed by atoms with van der Waals surface area (Å²) >= 11 is 0. The number of hydrogen-bond acceptors (Lipinski definition) is 4. The molecule has 3 N–H and O–H groups in total. The van der Waals surface area contributed by atoms with E-state index in [0.29, 0.717) is 17.9 Å². The van der Waals surface area contributed by atoms with Crippen LogP contribution in [-0.2, 0) is 16.6 Å². The summed E-state index contributed by atoms with van der Waals surface area (Å²) in [5.41, 5.74) is 2.42. The summed E-state index contributed by atoms with van der Waals surface area (Å²) in [6, 6.07) is 7.23. The monoisotopic (exact) mass is 391 g/mol. The average molecular weight is 392 g/mol. The Morgan fingerprint density at radius 2 is 1.93 bits per heavy atom. The number of carbonyl (C=O) groups is 2. The van der Waals surface area contributed by atoms with E-state index in [1.54, 1.807) is 10.7 Å². The minimum absolute atomic E-state index is 0. The van der Waals surface area contributed by atoms with Crippen molar-refractivity contribution in [2.75, 3.05) is 23.7 Å². The van der Waals surface area contributed by atoms with Crippen molar-refractivity contribution >= 4 is 35.6 Å². The van der Waals surface area contributed by atoms with Gasteiger partial charge >= 0.3 is 0 Å². The zero-order valence-corrected chi connectivity index (χ0v) is 16.5. The standard InChI is InChI=1S/C19H25N5O2.ClH/c1-12(2)18(25)22-14-5-4-6-15(7-14)23-19(26)17-10-20-9-16(17)13-8-21-24(3)11-13;/h4-8,11-12,16-17,20H,9-10H2,1-3H3,(H,22,25)(H,23,26);1H/t16-,17+;/m1./s1. The fourth-order valence-corrected chi connectivity index (χ4v) is 3.13. The van der Waals surface area contributed by atoms with Crippen LogP contribution in [0.15, 0.2) is 36.7 Å². The molecule has 7 nitrogen and oxygen atoms in total. The summed E-state index contributed by atoms with van der Waals surface area (Å²) < 4.78 is 1.75. The van der Waals surface area contributed by atoms with Crippen LogP contribution < -0.4 is 16.0 Å². The molecule has 2 aromatic rings. The highest BCUT2D eigenvalue weighted by Crippen LogP contribution is 2.29. The normalized spacial score (nSPS) is 18.8. The number of nitrogens with one attached hydrogen (secondary N) is 3. The molecule has 0 spiro atoms. The second-order valence-corrected chi connectivity index (χ2v) is 7.03. The Morgan fingerprint density at radius 3 is 2.56 bits per heavy atom. The SMILES string of the molecule is CC(C)C(=O)Nc1cccc(NC(=O)[C@H]2CNC[C@@H]2c2cnn(C)c2)c1.Cl. The quantitative estimate of drug-likeness (QED) is 0.730. The van der Waals surface area contributed by atoms with Gasteiger partial charge in [0.2, 0.25) is 11.8 Å². The van der Waals surface area contributed by atoms with Crippen molar-refractivity contribution in [1.29, 1.82) is 0 Å². The third-order valence-electron chi connectivity index (χ3n) is 4.63. The molecule has 2 amide bonds. The van der Waals surface area contributed by atoms with Crippen LogP contribution >= 0.6 is 12.4 Å². The number of carbonyl (C=O) groups excluding carboxylic acids is 2. The molecule has 1 aromatic carbocycles. The van der Waals surface area contributed by atoms with Crippen LogP contribution in [0.3, 0.4) is 0 Å². The Hall–Kier alpha value is -2.38. The molecular formula is C19H26ClN5O2. The van der Waals surface area contributed by atoms with Gasteiger partial charge in [-0.3, -0.25) is 14.3 Å². The molecule has 2 heterocycles. The highest BCUT2D eigenvalue weighted by Gasteiger charge is 2.34. The van der Waals surface area contributed by atoms with Crippen LogP contribution in [0.4, 0.5) is 11.4 Å². The Kier molecular flexibility index (Phi) is 6.98. The van der Waals surface area contributed by atoms with Crippen LogP contribution in [0.2, 0.25) is 0 Å². The highest BCUT2D eigenvalue weighted by molar-refractivity contribution is 5.96. The third kappa shape index (κ3) is 5.08. The van der Waals surface area contributed by atoms with Crippen LogP contribution in [0.5, 0.6) is 0 Å². The van der Waals surface area contributed by atoms with E-state index in [1.807, 2.05) is 51.5 Å². The first-order valence-corrected chi connectivity index (χ1v) is 8.85. The number of hydrogen-bond donors (Lipinski definition) is 3. The van der Waals surface area contributed by atoms with Gasteiger partial charge in [-0.05, 0) is 23.8 Å². The molecule has 27 heavy (non-hydrogen) atoms. The smallest absolute Gasteiger partial charge is 0.229 e. The second kappa shape index (κ2) is 9.01. The van der Waals surface area contributed by atoms with Gasteiger partial charge in [0.05, 0.1) is 12.1 Å². The Morgan fingerprint density at radius 1 is 1.22 bits per heavy atom. The summed E-state index contributed by atoms with van der Waals surface area (Å²) in [5.74, 6) is -0.236. The molecule has 1 fully saturated rings. The molecule has 1 aliphatic rings. The molecule has 1 aliphatic heterocycles. The molecule has 146 valence electrons. The lowest BCUT2D eigenvalue weighted by Crippen LogP contribution is -2.28. The predicted octanol–water partition coefficient (Wildman–Crippen LogP) is 2.38. The summed E-state index contributed by atoms with van der Waals surface area (Å²) in [4.78, 5) is 24.6. The Bertz CT molecular complexity index is 805. The molecule has 0 aliphatic carbocycles. The second-order valence-electron chi connectivity index (χ2n) is 7.03. The van der Waals surface area contributed by atoms with Gasteiger partial charge < -0.3 is 16.0 Å². The van der Waals surface area contributed by atoms with Gasteiger partial charge in [-0.15, -0.1) is 12.4 Å². The zero-order valence-electron chi connectivity index (χ0n) is 15.7. The molecule has 2 atom stereocenters. The zero-order chi connectivity index (χ0) is 18.7. The number of rotatable bonds is 5. The third-order valence-corrected chi connectivity index (χ3v) is 4.63. The number of anilines is 2. The van der Waals surface area contributed by atoms with Gasteiger partial charge in [0.15, 0.2) is 0 Å². The summed E-state index contributed by atoms with van der Waals surface area (Å²) in [5, 5.41) is 13.3. The van der Waals surface area contributed by atoms with Gasteiger partial charge in [-0.25, -0.2) is 0 Å². The molecule has 1 aromatic heterocycles. The minimum Gasteiger partial charge on any atom is -0.326 e. The number of aromatic nitrogens is 2. The van der Waals surface area contributed by atoms with E-state index in [0.717, 1.165) is 12.1 Å². The molecule has 0 bridgehead atoms. The summed E-state index contributed by atoms with van der Waals surface area (Å²) in [6.45, 7) is 5.07. The van der Waals surface area contributed by atoms with E-state index >= 15 is 0 Å². The van der Waals surface area contributed by atoms with Crippen molar-refractivity contribution in [3.05, 3.63) is 42.2 Å². The van der Waals surface area contributed by atoms with Gasteiger partial charge in [-0.2, -0.15) is 5.10 Å². The van der Waals surface area contributed by atoms with Crippen molar-refractivity contribution in [2.24, 2.45) is 18.9 Å². The molecule has 0 radical (unpaired) electrons. The number of benzene rings is 1. The van der Waals surface area contributed by atoms with E-state index in [4.69, 9.17) is 0 Å². The minimum atomic E-state index is -0.159. The topological polar surface area (TPSA) is 88.1 Å². The number of nitrogens with zero attached hydrogens (tertiary/aromatic N) is 2. The van der Waals surface area contributed by atoms with Crippen LogP contribution in [0, 0.1) is 11.8 Å². The first kappa shape index (κ1) is 20.9. The molecule has 1 saturated heterocycles. The summed E-state index contributed by atoms with van der Waals surface area (Å²) in [7, 11) is 1.87. The van der Waals surface area contributed by atoms with Gasteiger partial charge in [-0.1, -0.05) is 19.9 Å². The molecule has 3 rings (SSSR count). The van der Waals surface area contributed by atoms with Crippen molar-refractivity contribution in [3.8, 4) is 0 Å². The first-order chi connectivity index (χ1) is 12.4. The van der Waals surface area contributed by atoms with E-state index in [9.17, 15) is 9.59 Å². The number of aryl methyl sites for hydroxylation is 1. The lowest BCUT2D eigenvalue weighted by molar-refractivity contribution is -0.120. The maximum atomic E-state index is 12.8. The Labute approximate surface area is 165 Å². The fourth-order valence-electron chi connectivity index (χ4n) is 3.13. The van der Waals surface area contributed by atoms with E-state index in [-0.39, 0.29) is 42.0 Å². The fraction of sp³-hybridized carbons (Fsp3) is 0.421. The molecule has 0 unspecified atom stereocenters. The Balaban J connectivity index is 0.00000261. The van der Waals surface area contributed by atoms with Gasteiger partial charge in [0, 0.05) is 49.5 Å². The van der Waals surface area contributed by atoms with Gasteiger partial charge in [0.25, 0.3) is 0 Å². The van der Waals surface area contributed by atoms with Gasteiger partial charge in [0.1, 0.15) is 0 Å².